The number of hydrogen-bond acceptors (Lipinski definition) is 22. The van der Waals surface area contributed by atoms with E-state index < -0.39 is 147 Å². The van der Waals surface area contributed by atoms with Crippen molar-refractivity contribution < 1.29 is 105 Å². The van der Waals surface area contributed by atoms with Gasteiger partial charge in [-0.2, -0.15) is 0 Å². The minimum absolute atomic E-state index is 0.0250. The lowest BCUT2D eigenvalue weighted by Crippen LogP contribution is -2.61. The molecule has 22 heteroatoms. The van der Waals surface area contributed by atoms with Gasteiger partial charge < -0.3 is 71.1 Å². The second-order valence-electron chi connectivity index (χ2n) is 24.8. The molecule has 0 aromatic heterocycles. The first-order chi connectivity index (χ1) is 50.3. The second-order valence-corrected chi connectivity index (χ2v) is 24.8. The molecule has 0 aliphatic carbocycles. The fraction of sp³-hybridized carbons (Fsp3) is 0.321. The van der Waals surface area contributed by atoms with Crippen molar-refractivity contribution in [2.75, 3.05) is 46.2 Å². The van der Waals surface area contributed by atoms with Crippen LogP contribution in [0.3, 0.4) is 0 Å². The molecule has 22 nitrogen and oxygen atoms in total. The third-order valence-electron chi connectivity index (χ3n) is 17.8. The molecule has 8 aromatic carbocycles. The topological polar surface area (TPSA) is 258 Å². The Morgan fingerprint density at radius 1 is 0.272 bits per heavy atom. The van der Waals surface area contributed by atoms with E-state index in [1.807, 2.05) is 30.3 Å². The van der Waals surface area contributed by atoms with E-state index in [9.17, 15) is 33.6 Å². The fourth-order valence-electron chi connectivity index (χ4n) is 12.0. The van der Waals surface area contributed by atoms with E-state index in [1.165, 1.54) is 0 Å². The molecule has 3 saturated heterocycles. The number of hydrogen-bond donors (Lipinski definition) is 0. The molecule has 8 aromatic rings. The molecule has 0 spiro atoms. The maximum atomic E-state index is 14.5. The fourth-order valence-corrected chi connectivity index (χ4v) is 12.0. The van der Waals surface area contributed by atoms with Crippen LogP contribution in [0.2, 0.25) is 0 Å². The van der Waals surface area contributed by atoms with Gasteiger partial charge in [-0.3, -0.25) is 0 Å². The van der Waals surface area contributed by atoms with Crippen molar-refractivity contribution in [1.82, 2.24) is 0 Å². The predicted octanol–water partition coefficient (Wildman–Crippen LogP) is 11.6. The van der Waals surface area contributed by atoms with Crippen molar-refractivity contribution in [3.05, 3.63) is 287 Å². The minimum atomic E-state index is -1.68. The van der Waals surface area contributed by atoms with Crippen molar-refractivity contribution in [3.63, 3.8) is 0 Å². The van der Waals surface area contributed by atoms with Gasteiger partial charge in [0.1, 0.15) is 31.0 Å². The Hall–Kier alpha value is -10.3. The van der Waals surface area contributed by atoms with Crippen molar-refractivity contribution in [2.24, 2.45) is 17.8 Å². The van der Waals surface area contributed by atoms with Crippen molar-refractivity contribution in [2.45, 2.75) is 101 Å². The molecule has 3 fully saturated rings. The summed E-state index contributed by atoms with van der Waals surface area (Å²) in [6.45, 7) is 4.50. The molecule has 3 aliphatic rings. The van der Waals surface area contributed by atoms with Crippen LogP contribution in [0.4, 0.5) is 0 Å². The minimum Gasteiger partial charge on any atom is -0.459 e. The van der Waals surface area contributed by atoms with E-state index in [-0.39, 0.29) is 72.0 Å². The van der Waals surface area contributed by atoms with Gasteiger partial charge in [-0.15, -0.1) is 0 Å². The molecule has 0 amide bonds. The maximum Gasteiger partial charge on any atom is 0.338 e. The SMILES string of the molecule is C[C@H]1[C@H](OC(=O)c2ccccc2)[C@@H](OC(=O)c2ccccc2)[C@H](OC[C@H]2O[C@@H](OC[C@H]3O[C@@H](OCCOCCOCc4ccccc4)[C@H](OC(=O)c4ccccc4)[C@@H](OC(=O)c4ccccc4)[C@@H]3C)[C@H](OC(=O)c3ccccc3)[C@@H](OC(=O)c3ccccc3)[C@@H]2C)O[C@@H]1COC(=O)c1ccccc1. The van der Waals surface area contributed by atoms with Crippen molar-refractivity contribution in [1.29, 1.82) is 0 Å². The smallest absolute Gasteiger partial charge is 0.338 e. The number of carbonyl (C=O) groups excluding carboxylic acids is 7. The van der Waals surface area contributed by atoms with E-state index in [0.717, 1.165) is 5.56 Å². The highest BCUT2D eigenvalue weighted by Crippen LogP contribution is 2.39. The van der Waals surface area contributed by atoms with E-state index >= 15 is 0 Å². The Labute approximate surface area is 596 Å². The normalized spacial score (nSPS) is 24.4. The van der Waals surface area contributed by atoms with Gasteiger partial charge in [0.2, 0.25) is 0 Å². The quantitative estimate of drug-likeness (QED) is 0.0230. The zero-order valence-electron chi connectivity index (χ0n) is 56.9. The Morgan fingerprint density at radius 2 is 0.515 bits per heavy atom. The zero-order chi connectivity index (χ0) is 71.9. The zero-order valence-corrected chi connectivity index (χ0v) is 56.9. The first-order valence-corrected chi connectivity index (χ1v) is 34.0. The van der Waals surface area contributed by atoms with Crippen LogP contribution in [0.1, 0.15) is 98.8 Å². The molecular formula is C81H80O22. The molecule has 0 radical (unpaired) electrons. The molecule has 0 saturated carbocycles. The highest BCUT2D eigenvalue weighted by Gasteiger charge is 2.55. The number of carbonyl (C=O) groups is 7. The first-order valence-electron chi connectivity index (χ1n) is 34.0. The Balaban J connectivity index is 0.921. The maximum absolute atomic E-state index is 14.5. The van der Waals surface area contributed by atoms with Crippen LogP contribution in [-0.2, 0) is 77.7 Å². The molecular weight excluding hydrogens is 1320 g/mol. The van der Waals surface area contributed by atoms with Gasteiger partial charge in [0, 0.05) is 17.8 Å². The van der Waals surface area contributed by atoms with Crippen LogP contribution < -0.4 is 0 Å². The van der Waals surface area contributed by atoms with Crippen LogP contribution >= 0.6 is 0 Å². The molecule has 15 atom stereocenters. The third-order valence-corrected chi connectivity index (χ3v) is 17.8. The lowest BCUT2D eigenvalue weighted by atomic mass is 9.89. The summed E-state index contributed by atoms with van der Waals surface area (Å²) in [5.74, 6) is -8.16. The highest BCUT2D eigenvalue weighted by molar-refractivity contribution is 5.93. The predicted molar refractivity (Wildman–Crippen MR) is 369 cm³/mol. The summed E-state index contributed by atoms with van der Waals surface area (Å²) in [4.78, 5) is 99.6. The summed E-state index contributed by atoms with van der Waals surface area (Å²) in [5.41, 5.74) is 2.24. The number of rotatable bonds is 30. The molecule has 11 rings (SSSR count). The van der Waals surface area contributed by atoms with Gasteiger partial charge in [-0.05, 0) is 90.5 Å². The standard InChI is InChI=1S/C81H80O22/c1-52-63(49-92-72(82)56-30-14-5-15-31-56)96-80(70(102-77(87)61-40-24-10-25-41-61)67(52)99-74(84)58-34-18-7-19-35-58)94-51-65-54(3)68(100-75(85)59-36-20-8-21-37-59)71(103-78(88)62-42-26-11-27-43-62)81(97-65)93-50-64-53(2)66(98-73(83)57-32-16-6-17-33-57)69(101-76(86)60-38-22-9-23-39-60)79(95-64)91-47-46-89-44-45-90-48-55-28-12-4-13-29-55/h4-43,52-54,63-71,79-81H,44-51H2,1-3H3/t52-,53-,54-,63-,64-,65-,66+,67+,68+,69-,70-,71-,79-,80-,81-/m1/s1. The molecule has 536 valence electrons. The molecule has 3 aliphatic heterocycles. The highest BCUT2D eigenvalue weighted by atomic mass is 16.8. The molecule has 0 bridgehead atoms. The lowest BCUT2D eigenvalue weighted by molar-refractivity contribution is -0.329. The van der Waals surface area contributed by atoms with Crippen molar-refractivity contribution >= 4 is 41.8 Å². The van der Waals surface area contributed by atoms with E-state index in [0.29, 0.717) is 6.61 Å². The molecule has 103 heavy (non-hydrogen) atoms. The summed E-state index contributed by atoms with van der Waals surface area (Å²) in [7, 11) is 0. The van der Waals surface area contributed by atoms with Crippen LogP contribution in [0.5, 0.6) is 0 Å². The molecule has 0 unspecified atom stereocenters. The average molecular weight is 1410 g/mol. The van der Waals surface area contributed by atoms with Gasteiger partial charge in [-0.25, -0.2) is 33.6 Å². The Bertz CT molecular complexity index is 3990. The van der Waals surface area contributed by atoms with Crippen LogP contribution in [-0.4, -0.2) is 162 Å². The van der Waals surface area contributed by atoms with Gasteiger partial charge in [0.25, 0.3) is 0 Å². The number of benzene rings is 8. The molecule has 3 heterocycles. The van der Waals surface area contributed by atoms with Crippen LogP contribution in [0.25, 0.3) is 0 Å². The molecule has 0 N–H and O–H groups in total. The average Bonchev–Trinajstić information content (AvgIpc) is 0.785. The summed E-state index contributed by atoms with van der Waals surface area (Å²) in [5, 5.41) is 0. The summed E-state index contributed by atoms with van der Waals surface area (Å²) < 4.78 is 96.1. The monoisotopic (exact) mass is 1400 g/mol. The largest absolute Gasteiger partial charge is 0.459 e. The van der Waals surface area contributed by atoms with E-state index in [2.05, 4.69) is 0 Å². The van der Waals surface area contributed by atoms with Crippen LogP contribution in [0, 0.1) is 17.8 Å². The van der Waals surface area contributed by atoms with E-state index in [1.54, 1.807) is 233 Å². The first kappa shape index (κ1) is 73.9. The van der Waals surface area contributed by atoms with Gasteiger partial charge in [0.15, 0.2) is 37.2 Å². The summed E-state index contributed by atoms with van der Waals surface area (Å²) in [6.07, 6.45) is -16.8. The van der Waals surface area contributed by atoms with Crippen molar-refractivity contribution in [3.8, 4) is 0 Å². The third kappa shape index (κ3) is 20.1. The number of ether oxygens (including phenoxy) is 15. The summed E-state index contributed by atoms with van der Waals surface area (Å²) in [6, 6.07) is 67.0. The second kappa shape index (κ2) is 37.1. The van der Waals surface area contributed by atoms with Gasteiger partial charge in [0.05, 0.1) is 97.4 Å². The Morgan fingerprint density at radius 3 is 0.825 bits per heavy atom. The lowest BCUT2D eigenvalue weighted by Gasteiger charge is -2.47. The van der Waals surface area contributed by atoms with Crippen LogP contribution in [0.15, 0.2) is 243 Å². The van der Waals surface area contributed by atoms with E-state index in [4.69, 9.17) is 71.1 Å². The van der Waals surface area contributed by atoms with Gasteiger partial charge >= 0.3 is 41.8 Å². The van der Waals surface area contributed by atoms with Gasteiger partial charge in [-0.1, -0.05) is 178 Å². The Kier molecular flexibility index (Phi) is 26.6. The summed E-state index contributed by atoms with van der Waals surface area (Å²) >= 11 is 0. The number of esters is 7.